The van der Waals surface area contributed by atoms with Gasteiger partial charge < -0.3 is 15.3 Å². The van der Waals surface area contributed by atoms with Gasteiger partial charge in [0.05, 0.1) is 0 Å². The number of aliphatic hydroxyl groups is 1. The van der Waals surface area contributed by atoms with Gasteiger partial charge in [-0.05, 0) is 64.7 Å². The molecule has 0 amide bonds. The van der Waals surface area contributed by atoms with Crippen LogP contribution in [0.4, 0.5) is 8.78 Å². The van der Waals surface area contributed by atoms with Crippen molar-refractivity contribution < 1.29 is 13.9 Å². The van der Waals surface area contributed by atoms with Gasteiger partial charge in [-0.2, -0.15) is 8.78 Å². The largest absolute Gasteiger partial charge is 0.390 e. The van der Waals surface area contributed by atoms with Crippen LogP contribution in [-0.2, 0) is 5.92 Å². The van der Waals surface area contributed by atoms with E-state index in [9.17, 15) is 8.78 Å². The number of unbranched alkanes of at least 4 members (excludes halogenated alkanes) is 1. The molecule has 1 rings (SSSR count). The van der Waals surface area contributed by atoms with Gasteiger partial charge >= 0.3 is 0 Å². The first-order chi connectivity index (χ1) is 15.8. The third-order valence-corrected chi connectivity index (χ3v) is 5.28. The Morgan fingerprint density at radius 1 is 1.30 bits per heavy atom. The minimum Gasteiger partial charge on any atom is -0.390 e. The van der Waals surface area contributed by atoms with Gasteiger partial charge in [0.25, 0.3) is 5.92 Å². The van der Waals surface area contributed by atoms with Crippen LogP contribution in [-0.4, -0.2) is 75.1 Å². The number of halogens is 3. The summed E-state index contributed by atoms with van der Waals surface area (Å²) in [5.41, 5.74) is 1.85. The molecule has 184 valence electrons. The molecule has 0 aliphatic rings. The van der Waals surface area contributed by atoms with E-state index in [-0.39, 0.29) is 11.6 Å². The van der Waals surface area contributed by atoms with Crippen LogP contribution in [0.2, 0.25) is 0 Å². The molecule has 2 N–H and O–H groups in total. The van der Waals surface area contributed by atoms with Gasteiger partial charge in [0.1, 0.15) is 12.6 Å². The first kappa shape index (κ1) is 29.0. The smallest absolute Gasteiger partial charge is 0.295 e. The number of allylic oxidation sites excluding steroid dienone is 1. The van der Waals surface area contributed by atoms with Crippen molar-refractivity contribution in [3.63, 3.8) is 0 Å². The molecule has 0 atom stereocenters. The lowest BCUT2D eigenvalue weighted by atomic mass is 10.0. The maximum absolute atomic E-state index is 13.8. The van der Waals surface area contributed by atoms with E-state index in [1.54, 1.807) is 6.07 Å². The molecule has 1 aromatic carbocycles. The van der Waals surface area contributed by atoms with Crippen LogP contribution in [0.3, 0.4) is 0 Å². The molecular weight excluding hydrogens is 448 g/mol. The number of hydrogen-bond donors (Lipinski definition) is 2. The van der Waals surface area contributed by atoms with Crippen LogP contribution in [0.5, 0.6) is 0 Å². The highest BCUT2D eigenvalue weighted by Crippen LogP contribution is 2.27. The number of hydrogen-bond acceptors (Lipinski definition) is 5. The third kappa shape index (κ3) is 10.2. The SMILES string of the molecule is C=N/C(CCCCN(C)CCNC)=C(CC)\C(N=Cc1cccc(C(F)(F)CO)c1)=N/CCl. The summed E-state index contributed by atoms with van der Waals surface area (Å²) in [6.45, 7) is 7.38. The molecule has 0 aliphatic carbocycles. The Hall–Kier alpha value is -2.00. The number of benzene rings is 1. The Labute approximate surface area is 201 Å². The number of amidine groups is 1. The molecule has 33 heavy (non-hydrogen) atoms. The molecule has 0 saturated heterocycles. The highest BCUT2D eigenvalue weighted by Gasteiger charge is 2.30. The Morgan fingerprint density at radius 3 is 2.67 bits per heavy atom. The fraction of sp³-hybridized carbons (Fsp3) is 0.542. The first-order valence-electron chi connectivity index (χ1n) is 11.1. The molecule has 9 heteroatoms. The van der Waals surface area contributed by atoms with Crippen LogP contribution in [0.15, 0.2) is 50.5 Å². The van der Waals surface area contributed by atoms with Gasteiger partial charge in [-0.1, -0.05) is 25.1 Å². The summed E-state index contributed by atoms with van der Waals surface area (Å²) in [6.07, 6.45) is 4.80. The van der Waals surface area contributed by atoms with E-state index in [1.165, 1.54) is 24.4 Å². The zero-order valence-electron chi connectivity index (χ0n) is 19.8. The van der Waals surface area contributed by atoms with Crippen LogP contribution < -0.4 is 5.32 Å². The fourth-order valence-electron chi connectivity index (χ4n) is 3.25. The lowest BCUT2D eigenvalue weighted by molar-refractivity contribution is -0.0556. The summed E-state index contributed by atoms with van der Waals surface area (Å²) in [6, 6.07) is 5.74. The van der Waals surface area contributed by atoms with E-state index in [1.807, 2.05) is 14.0 Å². The molecule has 0 unspecified atom stereocenters. The normalized spacial score (nSPS) is 13.6. The van der Waals surface area contributed by atoms with Crippen LogP contribution >= 0.6 is 11.6 Å². The van der Waals surface area contributed by atoms with Gasteiger partial charge in [0.2, 0.25) is 0 Å². The van der Waals surface area contributed by atoms with E-state index in [0.29, 0.717) is 17.8 Å². The standard InChI is InChI=1S/C24H36ClF2N5O/c1-5-21(22(29-3)11-6-7-13-32(4)14-12-28-2)23(31-18-25)30-16-19-9-8-10-20(15-19)24(26,27)17-33/h8-10,15-16,28,33H,3,5-7,11-14,17-18H2,1-2,4H3/b22-21-,30-16?,31-23+. The van der Waals surface area contributed by atoms with E-state index in [4.69, 9.17) is 16.7 Å². The first-order valence-corrected chi connectivity index (χ1v) is 11.6. The average Bonchev–Trinajstić information content (AvgIpc) is 2.82. The maximum atomic E-state index is 13.8. The molecular formula is C24H36ClF2N5O. The van der Waals surface area contributed by atoms with Gasteiger partial charge in [0.15, 0.2) is 5.84 Å². The lowest BCUT2D eigenvalue weighted by Gasteiger charge is -2.16. The van der Waals surface area contributed by atoms with Crippen LogP contribution in [0.25, 0.3) is 0 Å². The number of nitrogens with one attached hydrogen (secondary N) is 1. The van der Waals surface area contributed by atoms with Gasteiger partial charge in [-0.25, -0.2) is 4.99 Å². The number of nitrogens with zero attached hydrogens (tertiary/aromatic N) is 4. The number of rotatable bonds is 15. The predicted octanol–water partition coefficient (Wildman–Crippen LogP) is 4.47. The molecule has 1 aromatic rings. The van der Waals surface area contributed by atoms with E-state index in [2.05, 4.69) is 39.0 Å². The molecule has 0 heterocycles. The second-order valence-electron chi connectivity index (χ2n) is 7.65. The molecule has 0 aromatic heterocycles. The van der Waals surface area contributed by atoms with Crippen LogP contribution in [0, 0.1) is 0 Å². The maximum Gasteiger partial charge on any atom is 0.295 e. The topological polar surface area (TPSA) is 72.6 Å². The van der Waals surface area contributed by atoms with Crippen molar-refractivity contribution in [1.82, 2.24) is 10.2 Å². The van der Waals surface area contributed by atoms with Crippen molar-refractivity contribution in [3.05, 3.63) is 46.7 Å². The Bertz CT molecular complexity index is 827. The van der Waals surface area contributed by atoms with E-state index in [0.717, 1.165) is 50.2 Å². The Balaban J connectivity index is 2.99. The van der Waals surface area contributed by atoms with E-state index < -0.39 is 12.5 Å². The zero-order valence-corrected chi connectivity index (χ0v) is 20.6. The highest BCUT2D eigenvalue weighted by atomic mass is 35.5. The number of aliphatic imine (C=N–C) groups is 3. The molecule has 0 fully saturated rings. The monoisotopic (exact) mass is 483 g/mol. The Morgan fingerprint density at radius 2 is 2.06 bits per heavy atom. The predicted molar refractivity (Wildman–Crippen MR) is 135 cm³/mol. The number of aliphatic hydroxyl groups excluding tert-OH is 1. The summed E-state index contributed by atoms with van der Waals surface area (Å²) in [7, 11) is 4.04. The van der Waals surface area contributed by atoms with Gasteiger partial charge in [-0.3, -0.25) is 9.98 Å². The highest BCUT2D eigenvalue weighted by molar-refractivity contribution is 6.19. The van der Waals surface area contributed by atoms with E-state index >= 15 is 0 Å². The van der Waals surface area contributed by atoms with Gasteiger partial charge in [-0.15, -0.1) is 11.6 Å². The van der Waals surface area contributed by atoms with Gasteiger partial charge in [0, 0.05) is 36.1 Å². The summed E-state index contributed by atoms with van der Waals surface area (Å²) in [5.74, 6) is -2.90. The second-order valence-corrected chi connectivity index (χ2v) is 7.89. The summed E-state index contributed by atoms with van der Waals surface area (Å²) < 4.78 is 27.6. The third-order valence-electron chi connectivity index (χ3n) is 5.16. The lowest BCUT2D eigenvalue weighted by Crippen LogP contribution is -2.28. The van der Waals surface area contributed by atoms with Crippen molar-refractivity contribution in [3.8, 4) is 0 Å². The quantitative estimate of drug-likeness (QED) is 0.127. The summed E-state index contributed by atoms with van der Waals surface area (Å²) >= 11 is 5.87. The molecule has 0 radical (unpaired) electrons. The minimum atomic E-state index is -3.31. The zero-order chi connectivity index (χ0) is 24.7. The molecule has 0 saturated carbocycles. The van der Waals surface area contributed by atoms with Crippen molar-refractivity contribution in [1.29, 1.82) is 0 Å². The van der Waals surface area contributed by atoms with Crippen molar-refractivity contribution in [2.75, 3.05) is 46.3 Å². The van der Waals surface area contributed by atoms with Crippen molar-refractivity contribution >= 4 is 30.4 Å². The molecule has 0 spiro atoms. The second kappa shape index (κ2) is 15.8. The molecule has 0 bridgehead atoms. The average molecular weight is 484 g/mol. The van der Waals surface area contributed by atoms with Crippen LogP contribution in [0.1, 0.15) is 43.7 Å². The fourth-order valence-corrected chi connectivity index (χ4v) is 3.36. The summed E-state index contributed by atoms with van der Waals surface area (Å²) in [5, 5.41) is 12.1. The minimum absolute atomic E-state index is 0.0134. The summed E-state index contributed by atoms with van der Waals surface area (Å²) in [4.78, 5) is 15.2. The molecule has 6 nitrogen and oxygen atoms in total. The number of likely N-dealkylation sites (N-methyl/N-ethyl adjacent to an activating group) is 2. The Kier molecular flexibility index (Phi) is 13.9. The molecule has 0 aliphatic heterocycles. The number of alkyl halides is 3. The van der Waals surface area contributed by atoms with Crippen molar-refractivity contribution in [2.45, 2.75) is 38.5 Å². The van der Waals surface area contributed by atoms with Crippen molar-refractivity contribution in [2.24, 2.45) is 15.0 Å².